The third kappa shape index (κ3) is 5.39. The van der Waals surface area contributed by atoms with Crippen molar-refractivity contribution < 1.29 is 18.7 Å². The summed E-state index contributed by atoms with van der Waals surface area (Å²) in [7, 11) is 3.41. The standard InChI is InChI=1S/C18H19FN2O3/c1-21(2)18(23)11-13-3-7-15(8-4-13)20-17(22)12-24-16-9-5-14(19)6-10-16/h3-10H,11-12H2,1-2H3,(H,20,22). The summed E-state index contributed by atoms with van der Waals surface area (Å²) in [5.74, 6) is -0.250. The van der Waals surface area contributed by atoms with Gasteiger partial charge in [-0.2, -0.15) is 0 Å². The molecule has 0 spiro atoms. The van der Waals surface area contributed by atoms with Crippen LogP contribution >= 0.6 is 0 Å². The van der Waals surface area contributed by atoms with E-state index in [9.17, 15) is 14.0 Å². The Bertz CT molecular complexity index is 697. The van der Waals surface area contributed by atoms with E-state index in [-0.39, 0.29) is 24.2 Å². The first kappa shape index (κ1) is 17.5. The van der Waals surface area contributed by atoms with Gasteiger partial charge < -0.3 is 15.0 Å². The SMILES string of the molecule is CN(C)C(=O)Cc1ccc(NC(=O)COc2ccc(F)cc2)cc1. The molecule has 0 aliphatic rings. The van der Waals surface area contributed by atoms with Crippen molar-refractivity contribution in [3.63, 3.8) is 0 Å². The molecule has 0 atom stereocenters. The van der Waals surface area contributed by atoms with Crippen molar-refractivity contribution in [1.82, 2.24) is 4.90 Å². The number of carbonyl (C=O) groups is 2. The summed E-state index contributed by atoms with van der Waals surface area (Å²) in [6, 6.07) is 12.5. The third-order valence-corrected chi connectivity index (χ3v) is 3.28. The molecule has 1 N–H and O–H groups in total. The van der Waals surface area contributed by atoms with Crippen molar-refractivity contribution >= 4 is 17.5 Å². The summed E-state index contributed by atoms with van der Waals surface area (Å²) in [6.07, 6.45) is 0.314. The minimum atomic E-state index is -0.361. The molecule has 2 amide bonds. The zero-order valence-electron chi connectivity index (χ0n) is 13.6. The maximum Gasteiger partial charge on any atom is 0.262 e. The Morgan fingerprint density at radius 1 is 1.04 bits per heavy atom. The van der Waals surface area contributed by atoms with Crippen molar-refractivity contribution in [1.29, 1.82) is 0 Å². The van der Waals surface area contributed by atoms with Crippen molar-refractivity contribution in [2.24, 2.45) is 0 Å². The van der Waals surface area contributed by atoms with Crippen LogP contribution in [0.1, 0.15) is 5.56 Å². The molecule has 126 valence electrons. The number of nitrogens with one attached hydrogen (secondary N) is 1. The molecule has 0 fully saturated rings. The van der Waals surface area contributed by atoms with Gasteiger partial charge in [0.2, 0.25) is 5.91 Å². The van der Waals surface area contributed by atoms with E-state index in [0.29, 0.717) is 17.9 Å². The second-order valence-corrected chi connectivity index (χ2v) is 5.45. The quantitative estimate of drug-likeness (QED) is 0.885. The normalized spacial score (nSPS) is 10.1. The van der Waals surface area contributed by atoms with Crippen LogP contribution < -0.4 is 10.1 Å². The first-order chi connectivity index (χ1) is 11.4. The molecule has 24 heavy (non-hydrogen) atoms. The highest BCUT2D eigenvalue weighted by atomic mass is 19.1. The number of carbonyl (C=O) groups excluding carboxylic acids is 2. The zero-order chi connectivity index (χ0) is 17.5. The number of halogens is 1. The summed E-state index contributed by atoms with van der Waals surface area (Å²) in [4.78, 5) is 25.0. The monoisotopic (exact) mass is 330 g/mol. The van der Waals surface area contributed by atoms with Crippen molar-refractivity contribution in [2.75, 3.05) is 26.0 Å². The second-order valence-electron chi connectivity index (χ2n) is 5.45. The van der Waals surface area contributed by atoms with Gasteiger partial charge >= 0.3 is 0 Å². The van der Waals surface area contributed by atoms with Crippen LogP contribution in [0.3, 0.4) is 0 Å². The molecule has 0 radical (unpaired) electrons. The van der Waals surface area contributed by atoms with E-state index in [0.717, 1.165) is 5.56 Å². The summed E-state index contributed by atoms with van der Waals surface area (Å²) < 4.78 is 18.0. The maximum atomic E-state index is 12.8. The number of hydrogen-bond donors (Lipinski definition) is 1. The Morgan fingerprint density at radius 2 is 1.67 bits per heavy atom. The number of ether oxygens (including phenoxy) is 1. The molecular formula is C18H19FN2O3. The van der Waals surface area contributed by atoms with Crippen LogP contribution in [-0.4, -0.2) is 37.4 Å². The molecule has 2 aromatic carbocycles. The third-order valence-electron chi connectivity index (χ3n) is 3.28. The van der Waals surface area contributed by atoms with Gasteiger partial charge in [-0.25, -0.2) is 4.39 Å². The number of benzene rings is 2. The predicted molar refractivity (Wildman–Crippen MR) is 89.4 cm³/mol. The van der Waals surface area contributed by atoms with E-state index in [1.807, 2.05) is 0 Å². The maximum absolute atomic E-state index is 12.8. The first-order valence-electron chi connectivity index (χ1n) is 7.41. The summed E-state index contributed by atoms with van der Waals surface area (Å²) in [5.41, 5.74) is 1.48. The largest absolute Gasteiger partial charge is 0.484 e. The highest BCUT2D eigenvalue weighted by Crippen LogP contribution is 2.13. The van der Waals surface area contributed by atoms with E-state index in [1.54, 1.807) is 38.4 Å². The van der Waals surface area contributed by atoms with E-state index in [4.69, 9.17) is 4.74 Å². The number of hydrogen-bond acceptors (Lipinski definition) is 3. The fourth-order valence-corrected chi connectivity index (χ4v) is 1.92. The summed E-state index contributed by atoms with van der Waals surface area (Å²) in [6.45, 7) is -0.174. The lowest BCUT2D eigenvalue weighted by Crippen LogP contribution is -2.23. The van der Waals surface area contributed by atoms with Gasteiger partial charge in [0.05, 0.1) is 6.42 Å². The van der Waals surface area contributed by atoms with E-state index >= 15 is 0 Å². The smallest absolute Gasteiger partial charge is 0.262 e. The number of amides is 2. The summed E-state index contributed by atoms with van der Waals surface area (Å²) >= 11 is 0. The molecule has 5 nitrogen and oxygen atoms in total. The fraction of sp³-hybridized carbons (Fsp3) is 0.222. The van der Waals surface area contributed by atoms with Gasteiger partial charge in [-0.3, -0.25) is 9.59 Å². The average Bonchev–Trinajstić information content (AvgIpc) is 2.56. The van der Waals surface area contributed by atoms with E-state index < -0.39 is 0 Å². The Morgan fingerprint density at radius 3 is 2.25 bits per heavy atom. The Kier molecular flexibility index (Phi) is 5.89. The van der Waals surface area contributed by atoms with Crippen molar-refractivity contribution in [2.45, 2.75) is 6.42 Å². The van der Waals surface area contributed by atoms with Crippen molar-refractivity contribution in [3.8, 4) is 5.75 Å². The van der Waals surface area contributed by atoms with Crippen LogP contribution in [0.15, 0.2) is 48.5 Å². The van der Waals surface area contributed by atoms with Crippen LogP contribution in [0.4, 0.5) is 10.1 Å². The highest BCUT2D eigenvalue weighted by molar-refractivity contribution is 5.91. The Labute approximate surface area is 140 Å². The summed E-state index contributed by atoms with van der Waals surface area (Å²) in [5, 5.41) is 2.69. The molecule has 2 aromatic rings. The lowest BCUT2D eigenvalue weighted by Gasteiger charge is -2.11. The molecule has 0 saturated carbocycles. The molecule has 0 saturated heterocycles. The molecule has 0 unspecified atom stereocenters. The van der Waals surface area contributed by atoms with E-state index in [2.05, 4.69) is 5.32 Å². The average molecular weight is 330 g/mol. The molecular weight excluding hydrogens is 311 g/mol. The number of nitrogens with zero attached hydrogens (tertiary/aromatic N) is 1. The van der Waals surface area contributed by atoms with Crippen LogP contribution in [0.5, 0.6) is 5.75 Å². The fourth-order valence-electron chi connectivity index (χ4n) is 1.92. The van der Waals surface area contributed by atoms with Crippen LogP contribution in [-0.2, 0) is 16.0 Å². The minimum absolute atomic E-state index is 0.0134. The molecule has 0 bridgehead atoms. The van der Waals surface area contributed by atoms with Crippen LogP contribution in [0.25, 0.3) is 0 Å². The van der Waals surface area contributed by atoms with Gasteiger partial charge in [0, 0.05) is 19.8 Å². The minimum Gasteiger partial charge on any atom is -0.484 e. The van der Waals surface area contributed by atoms with Gasteiger partial charge in [0.15, 0.2) is 6.61 Å². The van der Waals surface area contributed by atoms with E-state index in [1.165, 1.54) is 29.2 Å². The lowest BCUT2D eigenvalue weighted by atomic mass is 10.1. The first-order valence-corrected chi connectivity index (χ1v) is 7.41. The zero-order valence-corrected chi connectivity index (χ0v) is 13.6. The Hall–Kier alpha value is -2.89. The topological polar surface area (TPSA) is 58.6 Å². The molecule has 2 rings (SSSR count). The highest BCUT2D eigenvalue weighted by Gasteiger charge is 2.07. The number of anilines is 1. The Balaban J connectivity index is 1.83. The molecule has 0 aromatic heterocycles. The molecule has 0 heterocycles. The number of rotatable bonds is 6. The van der Waals surface area contributed by atoms with Gasteiger partial charge in [-0.05, 0) is 42.0 Å². The number of likely N-dealkylation sites (N-methyl/N-ethyl adjacent to an activating group) is 1. The predicted octanol–water partition coefficient (Wildman–Crippen LogP) is 2.47. The van der Waals surface area contributed by atoms with Gasteiger partial charge in [-0.15, -0.1) is 0 Å². The lowest BCUT2D eigenvalue weighted by molar-refractivity contribution is -0.128. The van der Waals surface area contributed by atoms with Gasteiger partial charge in [0.25, 0.3) is 5.91 Å². The van der Waals surface area contributed by atoms with Gasteiger partial charge in [0.1, 0.15) is 11.6 Å². The van der Waals surface area contributed by atoms with Crippen LogP contribution in [0.2, 0.25) is 0 Å². The second kappa shape index (κ2) is 8.10. The van der Waals surface area contributed by atoms with Crippen molar-refractivity contribution in [3.05, 3.63) is 59.9 Å². The molecule has 6 heteroatoms. The molecule has 0 aliphatic carbocycles. The molecule has 0 aliphatic heterocycles. The van der Waals surface area contributed by atoms with Gasteiger partial charge in [-0.1, -0.05) is 12.1 Å². The van der Waals surface area contributed by atoms with Crippen LogP contribution in [0, 0.1) is 5.82 Å².